The molecule has 0 bridgehead atoms. The van der Waals surface area contributed by atoms with Crippen LogP contribution in [0.4, 0.5) is 0 Å². The van der Waals surface area contributed by atoms with Gasteiger partial charge in [-0.1, -0.05) is 26.0 Å². The summed E-state index contributed by atoms with van der Waals surface area (Å²) in [5.74, 6) is 0.567. The molecule has 22 heavy (non-hydrogen) atoms. The minimum Gasteiger partial charge on any atom is -0.508 e. The van der Waals surface area contributed by atoms with Crippen LogP contribution in [0.15, 0.2) is 47.4 Å². The Labute approximate surface area is 135 Å². The first-order valence-corrected chi connectivity index (χ1v) is 8.29. The molecule has 1 aliphatic rings. The summed E-state index contributed by atoms with van der Waals surface area (Å²) in [6.07, 6.45) is 0.862. The van der Waals surface area contributed by atoms with E-state index >= 15 is 0 Å². The van der Waals surface area contributed by atoms with Gasteiger partial charge in [0, 0.05) is 21.6 Å². The van der Waals surface area contributed by atoms with Crippen molar-refractivity contribution >= 4 is 11.8 Å². The predicted molar refractivity (Wildman–Crippen MR) is 90.6 cm³/mol. The van der Waals surface area contributed by atoms with Gasteiger partial charge in [0.2, 0.25) is 0 Å². The molecule has 0 saturated heterocycles. The standard InChI is InChI=1S/C18H21NO2S/c1-18(2)15-10-13(21)7-6-11(15)8-16(17(18)19)22-14-5-3-4-12(20)9-14/h3-7,9-10,16-17,20-21H,8,19H2,1-2H3/t16-,17+/m1/s1. The van der Waals surface area contributed by atoms with Crippen LogP contribution in [0.1, 0.15) is 25.0 Å². The third-order valence-corrected chi connectivity index (χ3v) is 5.84. The lowest BCUT2D eigenvalue weighted by atomic mass is 9.69. The fourth-order valence-electron chi connectivity index (χ4n) is 3.18. The summed E-state index contributed by atoms with van der Waals surface area (Å²) in [5, 5.41) is 19.6. The summed E-state index contributed by atoms with van der Waals surface area (Å²) >= 11 is 1.71. The summed E-state index contributed by atoms with van der Waals surface area (Å²) in [7, 11) is 0. The molecular weight excluding hydrogens is 294 g/mol. The predicted octanol–water partition coefficient (Wildman–Crippen LogP) is 3.42. The maximum atomic E-state index is 9.76. The van der Waals surface area contributed by atoms with Gasteiger partial charge in [-0.3, -0.25) is 0 Å². The molecule has 116 valence electrons. The lowest BCUT2D eigenvalue weighted by Crippen LogP contribution is -2.52. The Morgan fingerprint density at radius 3 is 2.55 bits per heavy atom. The van der Waals surface area contributed by atoms with Gasteiger partial charge in [0.1, 0.15) is 11.5 Å². The average Bonchev–Trinajstić information content (AvgIpc) is 2.46. The van der Waals surface area contributed by atoms with Gasteiger partial charge in [0.25, 0.3) is 0 Å². The number of phenolic OH excluding ortho intramolecular Hbond substituents is 2. The van der Waals surface area contributed by atoms with Crippen LogP contribution in [-0.2, 0) is 11.8 Å². The SMILES string of the molecule is CC1(C)c2cc(O)ccc2C[C@@H](Sc2cccc(O)c2)[C@@H]1N. The second-order valence-electron chi connectivity index (χ2n) is 6.45. The van der Waals surface area contributed by atoms with Crippen LogP contribution in [-0.4, -0.2) is 21.5 Å². The van der Waals surface area contributed by atoms with E-state index in [0.29, 0.717) is 0 Å². The molecule has 3 nitrogen and oxygen atoms in total. The highest BCUT2D eigenvalue weighted by molar-refractivity contribution is 8.00. The molecule has 4 heteroatoms. The Morgan fingerprint density at radius 2 is 1.82 bits per heavy atom. The van der Waals surface area contributed by atoms with Crippen molar-refractivity contribution in [3.63, 3.8) is 0 Å². The Balaban J connectivity index is 1.93. The van der Waals surface area contributed by atoms with Crippen LogP contribution in [0.5, 0.6) is 11.5 Å². The highest BCUT2D eigenvalue weighted by Gasteiger charge is 2.40. The molecule has 0 fully saturated rings. The zero-order valence-electron chi connectivity index (χ0n) is 12.8. The molecule has 0 radical (unpaired) electrons. The van der Waals surface area contributed by atoms with Crippen molar-refractivity contribution in [3.8, 4) is 11.5 Å². The zero-order valence-corrected chi connectivity index (χ0v) is 13.6. The lowest BCUT2D eigenvalue weighted by molar-refractivity contribution is 0.369. The third kappa shape index (κ3) is 2.69. The summed E-state index contributed by atoms with van der Waals surface area (Å²) in [4.78, 5) is 1.03. The number of hydrogen-bond donors (Lipinski definition) is 3. The number of aromatic hydroxyl groups is 2. The number of rotatable bonds is 2. The Bertz CT molecular complexity index is 699. The van der Waals surface area contributed by atoms with Crippen molar-refractivity contribution < 1.29 is 10.2 Å². The van der Waals surface area contributed by atoms with Crippen molar-refractivity contribution in [2.45, 2.75) is 41.9 Å². The Kier molecular flexibility index (Phi) is 3.83. The van der Waals surface area contributed by atoms with Gasteiger partial charge in [-0.15, -0.1) is 11.8 Å². The maximum Gasteiger partial charge on any atom is 0.116 e. The average molecular weight is 315 g/mol. The molecule has 0 aliphatic heterocycles. The summed E-state index contributed by atoms with van der Waals surface area (Å²) in [5.41, 5.74) is 8.71. The fourth-order valence-corrected chi connectivity index (χ4v) is 4.62. The molecule has 2 atom stereocenters. The van der Waals surface area contributed by atoms with Crippen LogP contribution < -0.4 is 5.73 Å². The minimum absolute atomic E-state index is 0.0332. The minimum atomic E-state index is -0.208. The monoisotopic (exact) mass is 315 g/mol. The molecule has 4 N–H and O–H groups in total. The molecule has 3 rings (SSSR count). The Hall–Kier alpha value is -1.65. The highest BCUT2D eigenvalue weighted by atomic mass is 32.2. The highest BCUT2D eigenvalue weighted by Crippen LogP contribution is 2.43. The molecule has 0 spiro atoms. The Morgan fingerprint density at radius 1 is 1.09 bits per heavy atom. The van der Waals surface area contributed by atoms with Crippen molar-refractivity contribution in [2.75, 3.05) is 0 Å². The molecule has 0 aromatic heterocycles. The first kappa shape index (κ1) is 15.3. The number of thioether (sulfide) groups is 1. The smallest absolute Gasteiger partial charge is 0.116 e. The van der Waals surface area contributed by atoms with E-state index in [-0.39, 0.29) is 28.2 Å². The summed E-state index contributed by atoms with van der Waals surface area (Å²) in [6.45, 7) is 4.26. The van der Waals surface area contributed by atoms with Crippen LogP contribution in [0.2, 0.25) is 0 Å². The van der Waals surface area contributed by atoms with E-state index in [1.54, 1.807) is 30.0 Å². The first-order valence-electron chi connectivity index (χ1n) is 7.41. The van der Waals surface area contributed by atoms with Crippen molar-refractivity contribution in [3.05, 3.63) is 53.6 Å². The molecule has 0 unspecified atom stereocenters. The van der Waals surface area contributed by atoms with E-state index in [1.807, 2.05) is 24.3 Å². The van der Waals surface area contributed by atoms with Gasteiger partial charge in [-0.2, -0.15) is 0 Å². The largest absolute Gasteiger partial charge is 0.508 e. The van der Waals surface area contributed by atoms with E-state index in [4.69, 9.17) is 5.73 Å². The maximum absolute atomic E-state index is 9.76. The number of phenols is 2. The summed E-state index contributed by atoms with van der Waals surface area (Å²) < 4.78 is 0. The zero-order chi connectivity index (χ0) is 15.9. The van der Waals surface area contributed by atoms with Gasteiger partial charge >= 0.3 is 0 Å². The van der Waals surface area contributed by atoms with Gasteiger partial charge in [0.05, 0.1) is 0 Å². The summed E-state index contributed by atoms with van der Waals surface area (Å²) in [6, 6.07) is 12.8. The van der Waals surface area contributed by atoms with Crippen LogP contribution in [0, 0.1) is 0 Å². The van der Waals surface area contributed by atoms with E-state index in [2.05, 4.69) is 13.8 Å². The molecule has 0 heterocycles. The molecule has 0 saturated carbocycles. The van der Waals surface area contributed by atoms with Gasteiger partial charge in [-0.05, 0) is 47.9 Å². The second kappa shape index (κ2) is 5.52. The van der Waals surface area contributed by atoms with Crippen molar-refractivity contribution in [1.82, 2.24) is 0 Å². The lowest BCUT2D eigenvalue weighted by Gasteiger charge is -2.43. The number of benzene rings is 2. The number of hydrogen-bond acceptors (Lipinski definition) is 4. The van der Waals surface area contributed by atoms with Crippen molar-refractivity contribution in [2.24, 2.45) is 5.73 Å². The first-order chi connectivity index (χ1) is 10.4. The molecule has 0 amide bonds. The van der Waals surface area contributed by atoms with E-state index in [1.165, 1.54) is 5.56 Å². The van der Waals surface area contributed by atoms with Crippen LogP contribution in [0.25, 0.3) is 0 Å². The normalized spacial score (nSPS) is 23.0. The topological polar surface area (TPSA) is 66.5 Å². The molecule has 1 aliphatic carbocycles. The number of fused-ring (bicyclic) bond motifs is 1. The van der Waals surface area contributed by atoms with Gasteiger partial charge in [0.15, 0.2) is 0 Å². The van der Waals surface area contributed by atoms with E-state index in [9.17, 15) is 10.2 Å². The quantitative estimate of drug-likeness (QED) is 0.794. The number of nitrogens with two attached hydrogens (primary N) is 1. The third-order valence-electron chi connectivity index (χ3n) is 4.55. The second-order valence-corrected chi connectivity index (χ2v) is 7.76. The van der Waals surface area contributed by atoms with E-state index < -0.39 is 0 Å². The van der Waals surface area contributed by atoms with Gasteiger partial charge in [-0.25, -0.2) is 0 Å². The molecule has 2 aromatic rings. The van der Waals surface area contributed by atoms with Crippen LogP contribution >= 0.6 is 11.8 Å². The van der Waals surface area contributed by atoms with Crippen LogP contribution in [0.3, 0.4) is 0 Å². The van der Waals surface area contributed by atoms with E-state index in [0.717, 1.165) is 16.9 Å². The fraction of sp³-hybridized carbons (Fsp3) is 0.333. The molecular formula is C18H21NO2S. The van der Waals surface area contributed by atoms with Crippen molar-refractivity contribution in [1.29, 1.82) is 0 Å². The van der Waals surface area contributed by atoms with Gasteiger partial charge < -0.3 is 15.9 Å². The molecule has 2 aromatic carbocycles.